The Morgan fingerprint density at radius 3 is 2.59 bits per heavy atom. The SMILES string of the molecule is CC(CC1CC2=C(CC1(C)C)C(C)(C)CCC2)=NNC(=O)c1ccccc1. The molecular weight excluding hydrogens is 332 g/mol. The molecule has 3 nitrogen and oxygen atoms in total. The molecule has 146 valence electrons. The van der Waals surface area contributed by atoms with Crippen molar-refractivity contribution >= 4 is 11.6 Å². The molecule has 0 fully saturated rings. The molecule has 1 amide bonds. The van der Waals surface area contributed by atoms with Crippen LogP contribution in [0.4, 0.5) is 0 Å². The first-order valence-electron chi connectivity index (χ1n) is 10.3. The van der Waals surface area contributed by atoms with Crippen LogP contribution in [0, 0.1) is 16.7 Å². The van der Waals surface area contributed by atoms with Gasteiger partial charge in [0.05, 0.1) is 0 Å². The van der Waals surface area contributed by atoms with E-state index in [-0.39, 0.29) is 11.3 Å². The molecule has 1 aromatic carbocycles. The number of carbonyl (C=O) groups is 1. The van der Waals surface area contributed by atoms with Gasteiger partial charge in [0.2, 0.25) is 0 Å². The average molecular weight is 367 g/mol. The fraction of sp³-hybridized carbons (Fsp3) is 0.583. The summed E-state index contributed by atoms with van der Waals surface area (Å²) in [5.74, 6) is 0.444. The van der Waals surface area contributed by atoms with E-state index in [1.165, 1.54) is 32.1 Å². The van der Waals surface area contributed by atoms with E-state index in [4.69, 9.17) is 0 Å². The van der Waals surface area contributed by atoms with Crippen molar-refractivity contribution in [2.75, 3.05) is 0 Å². The van der Waals surface area contributed by atoms with E-state index >= 15 is 0 Å². The molecule has 0 bridgehead atoms. The van der Waals surface area contributed by atoms with Gasteiger partial charge in [0.25, 0.3) is 5.91 Å². The molecule has 0 aliphatic heterocycles. The lowest BCUT2D eigenvalue weighted by Crippen LogP contribution is -2.36. The summed E-state index contributed by atoms with van der Waals surface area (Å²) in [5, 5.41) is 4.39. The van der Waals surface area contributed by atoms with Crippen molar-refractivity contribution in [1.82, 2.24) is 5.43 Å². The topological polar surface area (TPSA) is 41.5 Å². The van der Waals surface area contributed by atoms with Gasteiger partial charge in [0.15, 0.2) is 0 Å². The Bertz CT molecular complexity index is 756. The molecule has 27 heavy (non-hydrogen) atoms. The molecule has 2 aliphatic carbocycles. The number of amides is 1. The van der Waals surface area contributed by atoms with Crippen LogP contribution in [0.2, 0.25) is 0 Å². The monoisotopic (exact) mass is 366 g/mol. The van der Waals surface area contributed by atoms with Gasteiger partial charge in [-0.2, -0.15) is 5.10 Å². The van der Waals surface area contributed by atoms with E-state index in [2.05, 4.69) is 38.2 Å². The van der Waals surface area contributed by atoms with Gasteiger partial charge in [-0.25, -0.2) is 5.43 Å². The highest BCUT2D eigenvalue weighted by Gasteiger charge is 2.41. The van der Waals surface area contributed by atoms with Crippen LogP contribution in [0.15, 0.2) is 46.6 Å². The third-order valence-electron chi connectivity index (χ3n) is 6.68. The predicted octanol–water partition coefficient (Wildman–Crippen LogP) is 6.13. The van der Waals surface area contributed by atoms with Crippen LogP contribution in [0.3, 0.4) is 0 Å². The van der Waals surface area contributed by atoms with Gasteiger partial charge in [0, 0.05) is 11.3 Å². The van der Waals surface area contributed by atoms with Gasteiger partial charge in [-0.1, -0.05) is 57.0 Å². The zero-order valence-electron chi connectivity index (χ0n) is 17.6. The molecule has 2 aliphatic rings. The molecule has 3 heteroatoms. The summed E-state index contributed by atoms with van der Waals surface area (Å²) in [4.78, 5) is 12.2. The number of rotatable bonds is 4. The molecule has 0 saturated carbocycles. The standard InChI is InChI=1S/C24H34N2O/c1-17(25-26-22(27)18-10-7-6-8-11-18)14-20-15-19-12-9-13-23(2,3)21(19)16-24(20,4)5/h6-8,10-11,20H,9,12-16H2,1-5H3,(H,26,27). The number of nitrogens with one attached hydrogen (secondary N) is 1. The fourth-order valence-electron chi connectivity index (χ4n) is 4.84. The number of allylic oxidation sites excluding steroid dienone is 2. The van der Waals surface area contributed by atoms with E-state index in [0.29, 0.717) is 16.9 Å². The Morgan fingerprint density at radius 1 is 1.19 bits per heavy atom. The summed E-state index contributed by atoms with van der Waals surface area (Å²) in [5.41, 5.74) is 8.44. The molecule has 0 heterocycles. The number of carbonyl (C=O) groups excluding carboxylic acids is 1. The Labute approximate surface area is 164 Å². The lowest BCUT2D eigenvalue weighted by Gasteiger charge is -2.47. The highest BCUT2D eigenvalue weighted by Crippen LogP contribution is 2.54. The Hall–Kier alpha value is -1.90. The van der Waals surface area contributed by atoms with Crippen LogP contribution in [-0.4, -0.2) is 11.6 Å². The van der Waals surface area contributed by atoms with Crippen LogP contribution < -0.4 is 5.43 Å². The van der Waals surface area contributed by atoms with Crippen LogP contribution in [0.5, 0.6) is 0 Å². The minimum atomic E-state index is -0.142. The Balaban J connectivity index is 1.68. The highest BCUT2D eigenvalue weighted by molar-refractivity contribution is 5.95. The number of hydrogen-bond acceptors (Lipinski definition) is 2. The van der Waals surface area contributed by atoms with E-state index in [0.717, 1.165) is 12.1 Å². The van der Waals surface area contributed by atoms with Crippen molar-refractivity contribution in [2.24, 2.45) is 21.8 Å². The third-order valence-corrected chi connectivity index (χ3v) is 6.68. The summed E-state index contributed by atoms with van der Waals surface area (Å²) in [6, 6.07) is 9.26. The van der Waals surface area contributed by atoms with E-state index in [1.807, 2.05) is 37.3 Å². The first-order chi connectivity index (χ1) is 12.7. The molecule has 1 unspecified atom stereocenters. The Morgan fingerprint density at radius 2 is 1.89 bits per heavy atom. The largest absolute Gasteiger partial charge is 0.271 e. The summed E-state index contributed by atoms with van der Waals surface area (Å²) < 4.78 is 0. The Kier molecular flexibility index (Phi) is 5.60. The lowest BCUT2D eigenvalue weighted by atomic mass is 9.57. The second-order valence-electron chi connectivity index (χ2n) is 9.74. The van der Waals surface area contributed by atoms with Crippen molar-refractivity contribution in [2.45, 2.75) is 73.1 Å². The summed E-state index contributed by atoms with van der Waals surface area (Å²) in [7, 11) is 0. The quantitative estimate of drug-likeness (QED) is 0.389. The third kappa shape index (κ3) is 4.51. The van der Waals surface area contributed by atoms with Gasteiger partial charge in [-0.15, -0.1) is 0 Å². The van der Waals surface area contributed by atoms with Crippen LogP contribution in [-0.2, 0) is 0 Å². The minimum Gasteiger partial charge on any atom is -0.267 e. The number of benzene rings is 1. The zero-order chi connectivity index (χ0) is 19.7. The van der Waals surface area contributed by atoms with Gasteiger partial charge in [-0.3, -0.25) is 4.79 Å². The van der Waals surface area contributed by atoms with Crippen LogP contribution in [0.1, 0.15) is 83.5 Å². The molecule has 3 rings (SSSR count). The smallest absolute Gasteiger partial charge is 0.267 e. The van der Waals surface area contributed by atoms with Crippen molar-refractivity contribution in [3.63, 3.8) is 0 Å². The van der Waals surface area contributed by atoms with Gasteiger partial charge in [0.1, 0.15) is 0 Å². The van der Waals surface area contributed by atoms with Crippen molar-refractivity contribution < 1.29 is 4.79 Å². The number of nitrogens with zero attached hydrogens (tertiary/aromatic N) is 1. The first kappa shape index (κ1) is 19.9. The lowest BCUT2D eigenvalue weighted by molar-refractivity contribution is 0.0954. The van der Waals surface area contributed by atoms with Gasteiger partial charge in [-0.05, 0) is 74.3 Å². The minimum absolute atomic E-state index is 0.142. The van der Waals surface area contributed by atoms with Crippen molar-refractivity contribution in [3.8, 4) is 0 Å². The van der Waals surface area contributed by atoms with Crippen molar-refractivity contribution in [3.05, 3.63) is 47.0 Å². The number of hydrogen-bond donors (Lipinski definition) is 1. The second-order valence-corrected chi connectivity index (χ2v) is 9.74. The molecule has 1 atom stereocenters. The number of hydrazone groups is 1. The molecular formula is C24H34N2O. The van der Waals surface area contributed by atoms with Gasteiger partial charge >= 0.3 is 0 Å². The van der Waals surface area contributed by atoms with Crippen LogP contribution >= 0.6 is 0 Å². The van der Waals surface area contributed by atoms with E-state index in [9.17, 15) is 4.79 Å². The maximum absolute atomic E-state index is 12.2. The fourth-order valence-corrected chi connectivity index (χ4v) is 4.84. The van der Waals surface area contributed by atoms with Crippen molar-refractivity contribution in [1.29, 1.82) is 0 Å². The van der Waals surface area contributed by atoms with E-state index < -0.39 is 0 Å². The van der Waals surface area contributed by atoms with E-state index in [1.54, 1.807) is 11.1 Å². The maximum atomic E-state index is 12.2. The van der Waals surface area contributed by atoms with Crippen LogP contribution in [0.25, 0.3) is 0 Å². The summed E-state index contributed by atoms with van der Waals surface area (Å²) >= 11 is 0. The first-order valence-corrected chi connectivity index (χ1v) is 10.3. The summed E-state index contributed by atoms with van der Waals surface area (Å²) in [6.45, 7) is 11.7. The average Bonchev–Trinajstić information content (AvgIpc) is 2.61. The highest BCUT2D eigenvalue weighted by atomic mass is 16.2. The van der Waals surface area contributed by atoms with Gasteiger partial charge < -0.3 is 0 Å². The predicted molar refractivity (Wildman–Crippen MR) is 113 cm³/mol. The zero-order valence-corrected chi connectivity index (χ0v) is 17.6. The molecule has 0 spiro atoms. The molecule has 0 aromatic heterocycles. The molecule has 1 N–H and O–H groups in total. The summed E-state index contributed by atoms with van der Waals surface area (Å²) in [6.07, 6.45) is 7.23. The molecule has 0 radical (unpaired) electrons. The second kappa shape index (κ2) is 7.61. The molecule has 1 aromatic rings. The maximum Gasteiger partial charge on any atom is 0.271 e. The normalized spacial score (nSPS) is 24.3. The molecule has 0 saturated heterocycles.